The number of ether oxygens (including phenoxy) is 1. The van der Waals surface area contributed by atoms with E-state index in [0.717, 1.165) is 11.3 Å². The summed E-state index contributed by atoms with van der Waals surface area (Å²) in [5.41, 5.74) is 5.89. The average Bonchev–Trinajstić information content (AvgIpc) is 2.87. The minimum Gasteiger partial charge on any atom is -0.497 e. The summed E-state index contributed by atoms with van der Waals surface area (Å²) in [6.07, 6.45) is 2.49. The topological polar surface area (TPSA) is 25.0 Å². The van der Waals surface area contributed by atoms with Gasteiger partial charge in [-0.25, -0.2) is 0 Å². The van der Waals surface area contributed by atoms with E-state index >= 15 is 0 Å². The molecule has 0 saturated carbocycles. The third-order valence-corrected chi connectivity index (χ3v) is 5.78. The van der Waals surface area contributed by atoms with Gasteiger partial charge in [0.05, 0.1) is 12.6 Å². The predicted molar refractivity (Wildman–Crippen MR) is 97.6 cm³/mol. The van der Waals surface area contributed by atoms with Crippen LogP contribution in [0.5, 0.6) is 5.75 Å². The highest BCUT2D eigenvalue weighted by atomic mass is 16.5. The smallest absolute Gasteiger partial charge is 0.120 e. The van der Waals surface area contributed by atoms with E-state index in [0.29, 0.717) is 0 Å². The number of hydrogen-bond donors (Lipinski definition) is 1. The number of H-pyrrole nitrogens is 1. The molecule has 1 heterocycles. The standard InChI is InChI=1S/C21H25NO/c1-20(2)8-9-21(3,4)17-12-19-15(11-16(17)20)14-7-6-13(23-5)10-18(14)22-19/h6-7,10-12,22H,8-9H2,1-5H3. The first-order valence-corrected chi connectivity index (χ1v) is 8.46. The third-order valence-electron chi connectivity index (χ3n) is 5.78. The van der Waals surface area contributed by atoms with Gasteiger partial charge in [0, 0.05) is 22.4 Å². The van der Waals surface area contributed by atoms with Crippen molar-refractivity contribution in [2.45, 2.75) is 51.4 Å². The van der Waals surface area contributed by atoms with E-state index in [-0.39, 0.29) is 10.8 Å². The molecule has 1 aliphatic carbocycles. The molecule has 2 nitrogen and oxygen atoms in total. The fourth-order valence-corrected chi connectivity index (χ4v) is 4.07. The summed E-state index contributed by atoms with van der Waals surface area (Å²) in [4.78, 5) is 3.59. The van der Waals surface area contributed by atoms with Crippen LogP contribution >= 0.6 is 0 Å². The van der Waals surface area contributed by atoms with Crippen molar-refractivity contribution in [1.29, 1.82) is 0 Å². The molecule has 3 aromatic rings. The van der Waals surface area contributed by atoms with Crippen molar-refractivity contribution in [3.05, 3.63) is 41.5 Å². The first kappa shape index (κ1) is 14.6. The molecular weight excluding hydrogens is 282 g/mol. The van der Waals surface area contributed by atoms with Crippen LogP contribution in [0.4, 0.5) is 0 Å². The normalized spacial score (nSPS) is 19.0. The summed E-state index contributed by atoms with van der Waals surface area (Å²) >= 11 is 0. The monoisotopic (exact) mass is 307 g/mol. The van der Waals surface area contributed by atoms with Crippen molar-refractivity contribution in [2.24, 2.45) is 0 Å². The lowest BCUT2D eigenvalue weighted by Crippen LogP contribution is -2.33. The Hall–Kier alpha value is -1.96. The van der Waals surface area contributed by atoms with Gasteiger partial charge < -0.3 is 9.72 Å². The molecule has 1 aliphatic rings. The second kappa shape index (κ2) is 4.53. The van der Waals surface area contributed by atoms with Gasteiger partial charge in [-0.05, 0) is 59.1 Å². The molecule has 4 rings (SSSR count). The van der Waals surface area contributed by atoms with Crippen LogP contribution < -0.4 is 4.74 Å². The molecule has 2 heteroatoms. The first-order valence-electron chi connectivity index (χ1n) is 8.46. The minimum atomic E-state index is 0.244. The van der Waals surface area contributed by atoms with Crippen molar-refractivity contribution in [2.75, 3.05) is 7.11 Å². The van der Waals surface area contributed by atoms with E-state index in [1.165, 1.54) is 40.3 Å². The summed E-state index contributed by atoms with van der Waals surface area (Å²) in [7, 11) is 1.72. The number of rotatable bonds is 1. The molecule has 0 saturated heterocycles. The number of hydrogen-bond acceptors (Lipinski definition) is 1. The zero-order valence-electron chi connectivity index (χ0n) is 14.7. The fraction of sp³-hybridized carbons (Fsp3) is 0.429. The van der Waals surface area contributed by atoms with Crippen molar-refractivity contribution >= 4 is 21.8 Å². The average molecular weight is 307 g/mol. The zero-order chi connectivity index (χ0) is 16.4. The quantitative estimate of drug-likeness (QED) is 0.615. The van der Waals surface area contributed by atoms with Gasteiger partial charge in [0.2, 0.25) is 0 Å². The number of aromatic nitrogens is 1. The number of benzene rings is 2. The van der Waals surface area contributed by atoms with E-state index in [1.807, 2.05) is 6.07 Å². The Morgan fingerprint density at radius 1 is 0.826 bits per heavy atom. The van der Waals surface area contributed by atoms with Crippen LogP contribution in [0, 0.1) is 0 Å². The molecule has 0 amide bonds. The summed E-state index contributed by atoms with van der Waals surface area (Å²) in [6.45, 7) is 9.51. The Balaban J connectivity index is 2.07. The van der Waals surface area contributed by atoms with Crippen LogP contribution in [-0.4, -0.2) is 12.1 Å². The lowest BCUT2D eigenvalue weighted by Gasteiger charge is -2.41. The van der Waals surface area contributed by atoms with Crippen LogP contribution in [-0.2, 0) is 10.8 Å². The molecule has 23 heavy (non-hydrogen) atoms. The molecule has 0 spiro atoms. The first-order chi connectivity index (χ1) is 10.8. The van der Waals surface area contributed by atoms with Crippen molar-refractivity contribution < 1.29 is 4.74 Å². The zero-order valence-corrected chi connectivity index (χ0v) is 14.7. The van der Waals surface area contributed by atoms with E-state index in [2.05, 4.69) is 56.9 Å². The summed E-state index contributed by atoms with van der Waals surface area (Å²) in [5.74, 6) is 0.898. The van der Waals surface area contributed by atoms with Gasteiger partial charge in [0.1, 0.15) is 5.75 Å². The molecule has 120 valence electrons. The Morgan fingerprint density at radius 3 is 2.09 bits per heavy atom. The van der Waals surface area contributed by atoms with Crippen LogP contribution in [0.2, 0.25) is 0 Å². The highest BCUT2D eigenvalue weighted by Gasteiger charge is 2.37. The van der Waals surface area contributed by atoms with E-state index in [4.69, 9.17) is 4.74 Å². The summed E-state index contributed by atoms with van der Waals surface area (Å²) in [5, 5.41) is 2.61. The second-order valence-corrected chi connectivity index (χ2v) is 8.25. The highest BCUT2D eigenvalue weighted by molar-refractivity contribution is 6.08. The minimum absolute atomic E-state index is 0.244. The van der Waals surface area contributed by atoms with Crippen LogP contribution in [0.1, 0.15) is 51.7 Å². The van der Waals surface area contributed by atoms with Gasteiger partial charge in [-0.15, -0.1) is 0 Å². The number of aromatic amines is 1. The van der Waals surface area contributed by atoms with E-state index < -0.39 is 0 Å². The summed E-state index contributed by atoms with van der Waals surface area (Å²) in [6, 6.07) is 11.1. The number of methoxy groups -OCH3 is 1. The molecule has 0 fully saturated rings. The largest absolute Gasteiger partial charge is 0.497 e. The molecule has 0 atom stereocenters. The van der Waals surface area contributed by atoms with Gasteiger partial charge in [-0.1, -0.05) is 27.7 Å². The highest BCUT2D eigenvalue weighted by Crippen LogP contribution is 2.47. The molecule has 0 unspecified atom stereocenters. The van der Waals surface area contributed by atoms with E-state index in [1.54, 1.807) is 7.11 Å². The fourth-order valence-electron chi connectivity index (χ4n) is 4.07. The number of nitrogens with one attached hydrogen (secondary N) is 1. The maximum Gasteiger partial charge on any atom is 0.120 e. The molecule has 1 N–H and O–H groups in total. The molecule has 0 bridgehead atoms. The molecular formula is C21H25NO. The lowest BCUT2D eigenvalue weighted by atomic mass is 9.63. The Kier molecular flexibility index (Phi) is 2.88. The summed E-state index contributed by atoms with van der Waals surface area (Å²) < 4.78 is 5.36. The Morgan fingerprint density at radius 2 is 1.43 bits per heavy atom. The van der Waals surface area contributed by atoms with E-state index in [9.17, 15) is 0 Å². The van der Waals surface area contributed by atoms with Gasteiger partial charge in [0.25, 0.3) is 0 Å². The predicted octanol–water partition coefficient (Wildman–Crippen LogP) is 5.68. The van der Waals surface area contributed by atoms with Gasteiger partial charge in [-0.3, -0.25) is 0 Å². The lowest BCUT2D eigenvalue weighted by molar-refractivity contribution is 0.332. The van der Waals surface area contributed by atoms with Crippen molar-refractivity contribution in [1.82, 2.24) is 4.98 Å². The van der Waals surface area contributed by atoms with Crippen molar-refractivity contribution in [3.8, 4) is 5.75 Å². The second-order valence-electron chi connectivity index (χ2n) is 8.25. The van der Waals surface area contributed by atoms with Gasteiger partial charge >= 0.3 is 0 Å². The Bertz CT molecular complexity index is 914. The van der Waals surface area contributed by atoms with Gasteiger partial charge in [0.15, 0.2) is 0 Å². The van der Waals surface area contributed by atoms with Gasteiger partial charge in [-0.2, -0.15) is 0 Å². The van der Waals surface area contributed by atoms with Crippen molar-refractivity contribution in [3.63, 3.8) is 0 Å². The number of fused-ring (bicyclic) bond motifs is 4. The molecule has 2 aromatic carbocycles. The van der Waals surface area contributed by atoms with Crippen LogP contribution in [0.15, 0.2) is 30.3 Å². The third kappa shape index (κ3) is 2.08. The van der Waals surface area contributed by atoms with Crippen LogP contribution in [0.3, 0.4) is 0 Å². The Labute approximate surface area is 137 Å². The van der Waals surface area contributed by atoms with Crippen LogP contribution in [0.25, 0.3) is 21.8 Å². The SMILES string of the molecule is COc1ccc2c(c1)[nH]c1cc3c(cc12)C(C)(C)CCC3(C)C. The molecule has 0 radical (unpaired) electrons. The maximum absolute atomic E-state index is 5.36. The molecule has 1 aromatic heterocycles. The maximum atomic E-state index is 5.36. The molecule has 0 aliphatic heterocycles.